The van der Waals surface area contributed by atoms with Crippen LogP contribution in [-0.4, -0.2) is 38.4 Å². The number of rotatable bonds is 6. The highest BCUT2D eigenvalue weighted by Crippen LogP contribution is 2.37. The number of aromatic nitrogens is 1. The minimum Gasteiger partial charge on any atom is -0.497 e. The van der Waals surface area contributed by atoms with Crippen molar-refractivity contribution in [1.29, 1.82) is 0 Å². The van der Waals surface area contributed by atoms with Crippen LogP contribution >= 0.6 is 0 Å². The number of esters is 2. The maximum Gasteiger partial charge on any atom is 0.408 e. The molecule has 4 rings (SSSR count). The summed E-state index contributed by atoms with van der Waals surface area (Å²) >= 11 is 0. The first-order chi connectivity index (χ1) is 17.0. The van der Waals surface area contributed by atoms with Crippen LogP contribution in [0.25, 0.3) is 38.9 Å². The second-order valence-electron chi connectivity index (χ2n) is 7.58. The van der Waals surface area contributed by atoms with E-state index >= 15 is 0 Å². The number of fused-ring (bicyclic) bond motifs is 1. The number of nitrogens with zero attached hydrogens (tertiary/aromatic N) is 1. The number of carbonyl (C=O) groups is 2. The Morgan fingerprint density at radius 1 is 0.743 bits per heavy atom. The molecule has 0 aliphatic heterocycles. The van der Waals surface area contributed by atoms with E-state index < -0.39 is 17.7 Å². The molecule has 0 amide bonds. The molecule has 3 aromatic carbocycles. The van der Waals surface area contributed by atoms with Crippen LogP contribution in [0.1, 0.15) is 0 Å². The molecule has 0 aliphatic carbocycles. The Hall–Kier alpha value is -4.65. The van der Waals surface area contributed by atoms with Crippen LogP contribution in [-0.2, 0) is 19.1 Å². The van der Waals surface area contributed by atoms with Crippen molar-refractivity contribution in [2.45, 2.75) is 0 Å². The van der Waals surface area contributed by atoms with Crippen molar-refractivity contribution >= 4 is 28.4 Å². The molecule has 0 bridgehead atoms. The van der Waals surface area contributed by atoms with Gasteiger partial charge in [-0.3, -0.25) is 0 Å². The molecule has 0 aliphatic rings. The number of benzene rings is 3. The Balaban J connectivity index is 2.21. The number of methoxy groups -OCH3 is 3. The first-order valence-electron chi connectivity index (χ1n) is 10.8. The van der Waals surface area contributed by atoms with Gasteiger partial charge >= 0.3 is 17.6 Å². The van der Waals surface area contributed by atoms with Gasteiger partial charge in [-0.05, 0) is 35.9 Å². The lowest BCUT2D eigenvalue weighted by Crippen LogP contribution is -2.41. The molecule has 0 atom stereocenters. The molecule has 1 heterocycles. The van der Waals surface area contributed by atoms with E-state index in [1.807, 2.05) is 78.9 Å². The maximum atomic E-state index is 12.9. The third-order valence-electron chi connectivity index (χ3n) is 5.62. The van der Waals surface area contributed by atoms with Crippen molar-refractivity contribution in [2.24, 2.45) is 0 Å². The van der Waals surface area contributed by atoms with E-state index in [4.69, 9.17) is 14.2 Å². The van der Waals surface area contributed by atoms with Crippen LogP contribution in [0.15, 0.2) is 90.8 Å². The Labute approximate surface area is 202 Å². The summed E-state index contributed by atoms with van der Waals surface area (Å²) in [6.07, 6.45) is 1.69. The average Bonchev–Trinajstić information content (AvgIpc) is 2.92. The second-order valence-corrected chi connectivity index (χ2v) is 7.58. The fourth-order valence-electron chi connectivity index (χ4n) is 3.99. The Morgan fingerprint density at radius 3 is 2.00 bits per heavy atom. The Morgan fingerprint density at radius 2 is 1.37 bits per heavy atom. The van der Waals surface area contributed by atoms with E-state index in [-0.39, 0.29) is 5.70 Å². The van der Waals surface area contributed by atoms with Crippen LogP contribution in [0, 0.1) is 0 Å². The quantitative estimate of drug-likeness (QED) is 0.193. The van der Waals surface area contributed by atoms with Crippen molar-refractivity contribution in [2.75, 3.05) is 21.3 Å². The molecule has 1 aromatic heterocycles. The van der Waals surface area contributed by atoms with Gasteiger partial charge in [0, 0.05) is 16.3 Å². The van der Waals surface area contributed by atoms with Crippen molar-refractivity contribution in [1.82, 2.24) is 0 Å². The van der Waals surface area contributed by atoms with E-state index in [1.165, 1.54) is 11.7 Å². The van der Waals surface area contributed by atoms with Gasteiger partial charge in [-0.1, -0.05) is 48.5 Å². The summed E-state index contributed by atoms with van der Waals surface area (Å²) in [7, 11) is 3.90. The number of hydrogen-bond donors (Lipinski definition) is 1. The molecule has 176 valence electrons. The third kappa shape index (κ3) is 4.44. The monoisotopic (exact) mass is 470 g/mol. The molecule has 0 spiro atoms. The lowest BCUT2D eigenvalue weighted by Gasteiger charge is -2.15. The van der Waals surface area contributed by atoms with Crippen molar-refractivity contribution in [3.05, 3.63) is 90.8 Å². The van der Waals surface area contributed by atoms with Crippen LogP contribution in [0.5, 0.6) is 5.75 Å². The van der Waals surface area contributed by atoms with Crippen molar-refractivity contribution < 1.29 is 33.5 Å². The normalized spacial score (nSPS) is 11.5. The zero-order valence-electron chi connectivity index (χ0n) is 19.5. The smallest absolute Gasteiger partial charge is 0.408 e. The molecular formula is C28H24NO6+. The molecule has 0 unspecified atom stereocenters. The number of aliphatic hydroxyl groups excluding tert-OH is 1. The largest absolute Gasteiger partial charge is 0.497 e. The van der Waals surface area contributed by atoms with Crippen LogP contribution in [0.3, 0.4) is 0 Å². The molecule has 1 N–H and O–H groups in total. The summed E-state index contributed by atoms with van der Waals surface area (Å²) in [5.74, 6) is -2.12. The highest BCUT2D eigenvalue weighted by atomic mass is 16.5. The fraction of sp³-hybridized carbons (Fsp3) is 0.107. The van der Waals surface area contributed by atoms with E-state index in [2.05, 4.69) is 0 Å². The van der Waals surface area contributed by atoms with Gasteiger partial charge < -0.3 is 19.3 Å². The second kappa shape index (κ2) is 10.1. The predicted molar refractivity (Wildman–Crippen MR) is 131 cm³/mol. The molecule has 0 saturated carbocycles. The van der Waals surface area contributed by atoms with Crippen LogP contribution in [0.4, 0.5) is 0 Å². The summed E-state index contributed by atoms with van der Waals surface area (Å²) in [4.78, 5) is 25.3. The molecule has 0 radical (unpaired) electrons. The SMILES string of the molecule is COC(=O)/C(O)=C(\C(=O)OC)[n+]1cc2ccccc2c(-c2ccc(OC)cc2)c1-c1ccccc1. The minimum atomic E-state index is -1.06. The fourth-order valence-corrected chi connectivity index (χ4v) is 3.99. The molecule has 4 aromatic rings. The Bertz CT molecular complexity index is 1430. The molecule has 0 saturated heterocycles. The van der Waals surface area contributed by atoms with Crippen molar-refractivity contribution in [3.63, 3.8) is 0 Å². The zero-order valence-corrected chi connectivity index (χ0v) is 19.5. The van der Waals surface area contributed by atoms with Gasteiger partial charge in [0.2, 0.25) is 5.69 Å². The number of pyridine rings is 1. The molecule has 35 heavy (non-hydrogen) atoms. The van der Waals surface area contributed by atoms with Gasteiger partial charge in [0.15, 0.2) is 6.20 Å². The first kappa shape index (κ1) is 23.5. The highest BCUT2D eigenvalue weighted by molar-refractivity contribution is 6.14. The van der Waals surface area contributed by atoms with Gasteiger partial charge in [0.25, 0.3) is 5.76 Å². The van der Waals surface area contributed by atoms with Crippen molar-refractivity contribution in [3.8, 4) is 28.1 Å². The highest BCUT2D eigenvalue weighted by Gasteiger charge is 2.36. The lowest BCUT2D eigenvalue weighted by molar-refractivity contribution is -0.565. The summed E-state index contributed by atoms with van der Waals surface area (Å²) < 4.78 is 16.5. The average molecular weight is 471 g/mol. The molecule has 0 fully saturated rings. The van der Waals surface area contributed by atoms with Crippen LogP contribution in [0.2, 0.25) is 0 Å². The van der Waals surface area contributed by atoms with E-state index in [0.717, 1.165) is 34.6 Å². The van der Waals surface area contributed by atoms with Gasteiger partial charge in [0.1, 0.15) is 5.75 Å². The number of ether oxygens (including phenoxy) is 3. The van der Waals surface area contributed by atoms with E-state index in [9.17, 15) is 14.7 Å². The zero-order chi connectivity index (χ0) is 24.9. The van der Waals surface area contributed by atoms with Gasteiger partial charge in [0.05, 0.1) is 26.9 Å². The summed E-state index contributed by atoms with van der Waals surface area (Å²) in [5.41, 5.74) is 2.60. The maximum absolute atomic E-state index is 12.9. The van der Waals surface area contributed by atoms with Gasteiger partial charge in [-0.25, -0.2) is 9.59 Å². The minimum absolute atomic E-state index is 0.362. The molecule has 7 heteroatoms. The van der Waals surface area contributed by atoms with Gasteiger partial charge in [-0.15, -0.1) is 4.57 Å². The Kier molecular flexibility index (Phi) is 6.78. The van der Waals surface area contributed by atoms with E-state index in [0.29, 0.717) is 11.4 Å². The topological polar surface area (TPSA) is 85.9 Å². The molecular weight excluding hydrogens is 446 g/mol. The van der Waals surface area contributed by atoms with Crippen LogP contribution < -0.4 is 9.30 Å². The number of aliphatic hydroxyl groups is 1. The number of hydrogen-bond acceptors (Lipinski definition) is 6. The summed E-state index contributed by atoms with van der Waals surface area (Å²) in [6, 6.07) is 24.6. The third-order valence-corrected chi connectivity index (χ3v) is 5.62. The number of carbonyl (C=O) groups excluding carboxylic acids is 2. The molecule has 7 nitrogen and oxygen atoms in total. The first-order valence-corrected chi connectivity index (χ1v) is 10.8. The standard InChI is InChI=1S/C28H23NO6/c1-33-21-15-13-18(14-16-21)23-22-12-8-7-11-20(22)17-29(24(23)19-9-5-4-6-10-19)25(27(31)34-2)26(30)28(32)35-3/h4-17H,1-3H3/p+1. The van der Waals surface area contributed by atoms with Gasteiger partial charge in [-0.2, -0.15) is 0 Å². The summed E-state index contributed by atoms with van der Waals surface area (Å²) in [5, 5.41) is 12.5. The lowest BCUT2D eigenvalue weighted by atomic mass is 9.93. The summed E-state index contributed by atoms with van der Waals surface area (Å²) in [6.45, 7) is 0. The van der Waals surface area contributed by atoms with E-state index in [1.54, 1.807) is 13.3 Å². The predicted octanol–water partition coefficient (Wildman–Crippen LogP) is 4.54.